The second kappa shape index (κ2) is 7.21. The molecule has 0 fully saturated rings. The van der Waals surface area contributed by atoms with Crippen LogP contribution in [-0.4, -0.2) is 24.0 Å². The fourth-order valence-corrected chi connectivity index (χ4v) is 1.83. The molecule has 2 amide bonds. The molecule has 0 saturated heterocycles. The second-order valence-electron chi connectivity index (χ2n) is 4.63. The number of nitrogen functional groups attached to an aromatic ring is 1. The molecular formula is C15H16FN5O2. The minimum absolute atomic E-state index is 0.114. The Kier molecular flexibility index (Phi) is 5.08. The molecular weight excluding hydrogens is 301 g/mol. The van der Waals surface area contributed by atoms with E-state index in [1.54, 1.807) is 12.1 Å². The maximum absolute atomic E-state index is 13.0. The number of nitrogens with one attached hydrogen (secondary N) is 3. The van der Waals surface area contributed by atoms with Crippen LogP contribution in [0.15, 0.2) is 36.5 Å². The van der Waals surface area contributed by atoms with Gasteiger partial charge in [-0.1, -0.05) is 12.1 Å². The smallest absolute Gasteiger partial charge is 0.320 e. The molecule has 5 N–H and O–H groups in total. The van der Waals surface area contributed by atoms with Crippen LogP contribution in [0, 0.1) is 11.2 Å². The molecule has 23 heavy (non-hydrogen) atoms. The van der Waals surface area contributed by atoms with Crippen molar-refractivity contribution >= 4 is 23.4 Å². The van der Waals surface area contributed by atoms with Crippen molar-refractivity contribution in [3.05, 3.63) is 53.5 Å². The van der Waals surface area contributed by atoms with E-state index in [1.165, 1.54) is 31.5 Å². The number of amides is 2. The third kappa shape index (κ3) is 4.40. The molecule has 0 aliphatic carbocycles. The predicted octanol–water partition coefficient (Wildman–Crippen LogP) is 2.10. The summed E-state index contributed by atoms with van der Waals surface area (Å²) in [5.41, 5.74) is 7.01. The number of hydrogen-bond donors (Lipinski definition) is 4. The monoisotopic (exact) mass is 317 g/mol. The van der Waals surface area contributed by atoms with E-state index in [0.29, 0.717) is 11.1 Å². The lowest BCUT2D eigenvalue weighted by molar-refractivity contribution is 0.251. The molecule has 0 radical (unpaired) electrons. The van der Waals surface area contributed by atoms with Crippen LogP contribution < -0.4 is 16.4 Å². The van der Waals surface area contributed by atoms with Gasteiger partial charge in [0.1, 0.15) is 11.6 Å². The van der Waals surface area contributed by atoms with Gasteiger partial charge in [0.25, 0.3) is 0 Å². The van der Waals surface area contributed by atoms with Crippen molar-refractivity contribution in [1.82, 2.24) is 10.3 Å². The number of ether oxygens (including phenoxy) is 1. The Bertz CT molecular complexity index is 736. The Morgan fingerprint density at radius 3 is 2.87 bits per heavy atom. The summed E-state index contributed by atoms with van der Waals surface area (Å²) in [6.07, 6.45) is 1.34. The summed E-state index contributed by atoms with van der Waals surface area (Å²) in [4.78, 5) is 15.8. The maximum Gasteiger partial charge on any atom is 0.320 e. The average Bonchev–Trinajstić information content (AvgIpc) is 2.52. The van der Waals surface area contributed by atoms with Crippen LogP contribution >= 0.6 is 0 Å². The van der Waals surface area contributed by atoms with Gasteiger partial charge in [0, 0.05) is 24.5 Å². The van der Waals surface area contributed by atoms with E-state index in [1.807, 2.05) is 0 Å². The van der Waals surface area contributed by atoms with Crippen molar-refractivity contribution in [2.45, 2.75) is 6.54 Å². The zero-order valence-corrected chi connectivity index (χ0v) is 12.4. The van der Waals surface area contributed by atoms with Gasteiger partial charge < -0.3 is 15.8 Å². The standard InChI is InChI=1S/C15H16FN5O2/c1-23-14(18)11-8-19-13(6-12(11)17)21-15(22)20-7-9-3-2-4-10(16)5-9/h2-6,8,18H,7H2,1H3,(H4,17,19,20,21,22). The number of methoxy groups -OCH3 is 1. The number of benzene rings is 1. The Morgan fingerprint density at radius 1 is 1.43 bits per heavy atom. The summed E-state index contributed by atoms with van der Waals surface area (Å²) >= 11 is 0. The maximum atomic E-state index is 13.0. The second-order valence-corrected chi connectivity index (χ2v) is 4.63. The zero-order chi connectivity index (χ0) is 16.8. The number of nitrogens with zero attached hydrogens (tertiary/aromatic N) is 1. The summed E-state index contributed by atoms with van der Waals surface area (Å²) in [5.74, 6) is -0.251. The minimum Gasteiger partial charge on any atom is -0.481 e. The first-order valence-corrected chi connectivity index (χ1v) is 6.67. The molecule has 7 nitrogen and oxygen atoms in total. The molecule has 2 aromatic rings. The van der Waals surface area contributed by atoms with Gasteiger partial charge in [0.15, 0.2) is 0 Å². The largest absolute Gasteiger partial charge is 0.481 e. The Labute approximate surface area is 132 Å². The van der Waals surface area contributed by atoms with E-state index in [0.717, 1.165) is 0 Å². The number of rotatable bonds is 4. The molecule has 120 valence electrons. The molecule has 0 saturated carbocycles. The number of hydrogen-bond acceptors (Lipinski definition) is 5. The minimum atomic E-state index is -0.504. The quantitative estimate of drug-likeness (QED) is 0.511. The number of pyridine rings is 1. The molecule has 1 aromatic carbocycles. The van der Waals surface area contributed by atoms with Crippen LogP contribution in [0.1, 0.15) is 11.1 Å². The summed E-state index contributed by atoms with van der Waals surface area (Å²) in [6.45, 7) is 0.172. The molecule has 0 aliphatic heterocycles. The van der Waals surface area contributed by atoms with Gasteiger partial charge in [-0.05, 0) is 17.7 Å². The van der Waals surface area contributed by atoms with Crippen molar-refractivity contribution in [3.63, 3.8) is 0 Å². The molecule has 2 rings (SSSR count). The SMILES string of the molecule is COC(=N)c1cnc(NC(=O)NCc2cccc(F)c2)cc1N. The Balaban J connectivity index is 1.95. The van der Waals surface area contributed by atoms with Crippen LogP contribution in [-0.2, 0) is 11.3 Å². The molecule has 8 heteroatoms. The van der Waals surface area contributed by atoms with Crippen LogP contribution in [0.5, 0.6) is 0 Å². The molecule has 0 spiro atoms. The van der Waals surface area contributed by atoms with Crippen molar-refractivity contribution in [2.24, 2.45) is 0 Å². The van der Waals surface area contributed by atoms with Gasteiger partial charge in [0.2, 0.25) is 5.90 Å². The lowest BCUT2D eigenvalue weighted by atomic mass is 10.2. The number of urea groups is 1. The summed E-state index contributed by atoms with van der Waals surface area (Å²) in [6, 6.07) is 6.85. The lowest BCUT2D eigenvalue weighted by Gasteiger charge is -2.10. The number of nitrogens with two attached hydrogens (primary N) is 1. The van der Waals surface area contributed by atoms with Crippen molar-refractivity contribution in [1.29, 1.82) is 5.41 Å². The van der Waals surface area contributed by atoms with E-state index < -0.39 is 6.03 Å². The van der Waals surface area contributed by atoms with Gasteiger partial charge in [-0.2, -0.15) is 0 Å². The highest BCUT2D eigenvalue weighted by atomic mass is 19.1. The van der Waals surface area contributed by atoms with Crippen LogP contribution in [0.4, 0.5) is 20.7 Å². The summed E-state index contributed by atoms with van der Waals surface area (Å²) < 4.78 is 17.8. The topological polar surface area (TPSA) is 113 Å². The van der Waals surface area contributed by atoms with Crippen molar-refractivity contribution < 1.29 is 13.9 Å². The van der Waals surface area contributed by atoms with Gasteiger partial charge in [-0.15, -0.1) is 0 Å². The highest BCUT2D eigenvalue weighted by Gasteiger charge is 2.09. The van der Waals surface area contributed by atoms with Crippen LogP contribution in [0.3, 0.4) is 0 Å². The van der Waals surface area contributed by atoms with Gasteiger partial charge in [-0.25, -0.2) is 14.2 Å². The van der Waals surface area contributed by atoms with E-state index in [2.05, 4.69) is 15.6 Å². The molecule has 0 aliphatic rings. The number of carbonyl (C=O) groups is 1. The zero-order valence-electron chi connectivity index (χ0n) is 12.4. The number of anilines is 2. The van der Waals surface area contributed by atoms with Gasteiger partial charge in [0.05, 0.1) is 12.7 Å². The average molecular weight is 317 g/mol. The first-order valence-electron chi connectivity index (χ1n) is 6.67. The Hall–Kier alpha value is -3.16. The van der Waals surface area contributed by atoms with Gasteiger partial charge >= 0.3 is 6.03 Å². The molecule has 1 aromatic heterocycles. The predicted molar refractivity (Wildman–Crippen MR) is 84.7 cm³/mol. The molecule has 1 heterocycles. The van der Waals surface area contributed by atoms with Crippen molar-refractivity contribution in [2.75, 3.05) is 18.2 Å². The highest BCUT2D eigenvalue weighted by molar-refractivity contribution is 5.97. The number of aromatic nitrogens is 1. The summed E-state index contributed by atoms with van der Waals surface area (Å²) in [7, 11) is 1.35. The number of carbonyl (C=O) groups excluding carboxylic acids is 1. The normalized spacial score (nSPS) is 10.0. The van der Waals surface area contributed by atoms with E-state index >= 15 is 0 Å². The van der Waals surface area contributed by atoms with Crippen LogP contribution in [0.2, 0.25) is 0 Å². The van der Waals surface area contributed by atoms with E-state index in [4.69, 9.17) is 15.9 Å². The van der Waals surface area contributed by atoms with E-state index in [9.17, 15) is 9.18 Å². The first-order chi connectivity index (χ1) is 11.0. The van der Waals surface area contributed by atoms with Gasteiger partial charge in [-0.3, -0.25) is 10.7 Å². The fourth-order valence-electron chi connectivity index (χ4n) is 1.83. The third-order valence-corrected chi connectivity index (χ3v) is 2.97. The molecule has 0 unspecified atom stereocenters. The number of halogens is 1. The summed E-state index contributed by atoms with van der Waals surface area (Å²) in [5, 5.41) is 12.6. The lowest BCUT2D eigenvalue weighted by Crippen LogP contribution is -2.28. The van der Waals surface area contributed by atoms with E-state index in [-0.39, 0.29) is 29.8 Å². The highest BCUT2D eigenvalue weighted by Crippen LogP contribution is 2.15. The fraction of sp³-hybridized carbons (Fsp3) is 0.133. The van der Waals surface area contributed by atoms with Crippen molar-refractivity contribution in [3.8, 4) is 0 Å². The Morgan fingerprint density at radius 2 is 2.22 bits per heavy atom. The van der Waals surface area contributed by atoms with Crippen LogP contribution in [0.25, 0.3) is 0 Å². The third-order valence-electron chi connectivity index (χ3n) is 2.97. The molecule has 0 atom stereocenters. The molecule has 0 bridgehead atoms. The first kappa shape index (κ1) is 16.2.